The molecule has 9 fully saturated rings. The van der Waals surface area contributed by atoms with Gasteiger partial charge in [0.05, 0.1) is 55.4 Å². The summed E-state index contributed by atoms with van der Waals surface area (Å²) in [6.45, 7) is 1.84. The van der Waals surface area contributed by atoms with Crippen LogP contribution in [-0.2, 0) is 28.1 Å². The summed E-state index contributed by atoms with van der Waals surface area (Å²) in [4.78, 5) is 11.5. The molecule has 17 atom stereocenters. The van der Waals surface area contributed by atoms with Crippen LogP contribution < -0.4 is 42.5 Å². The zero-order valence-electron chi connectivity index (χ0n) is 26.2. The van der Waals surface area contributed by atoms with Crippen LogP contribution in [0.4, 0.5) is 0 Å². The minimum Gasteiger partial charge on any atom is -0.650 e. The maximum Gasteiger partial charge on any atom is 0.0663 e. The van der Waals surface area contributed by atoms with E-state index >= 15 is 0 Å². The Hall–Kier alpha value is -0.266. The summed E-state index contributed by atoms with van der Waals surface area (Å²) in [6, 6.07) is 0. The molecular weight excluding hydrogens is 591 g/mol. The van der Waals surface area contributed by atoms with Crippen molar-refractivity contribution in [2.45, 2.75) is 152 Å². The fourth-order valence-electron chi connectivity index (χ4n) is 12.2. The Labute approximate surface area is 275 Å². The van der Waals surface area contributed by atoms with Crippen molar-refractivity contribution in [2.24, 2.45) is 47.3 Å². The topological polar surface area (TPSA) is 123 Å². The average molecular weight is 647 g/mol. The molecule has 0 aromatic rings. The Bertz CT molecular complexity index is 1020. The summed E-state index contributed by atoms with van der Waals surface area (Å²) in [6.07, 6.45) is 21.3. The summed E-state index contributed by atoms with van der Waals surface area (Å²) in [7, 11) is 0. The van der Waals surface area contributed by atoms with Crippen molar-refractivity contribution in [2.75, 3.05) is 0 Å². The van der Waals surface area contributed by atoms with Crippen molar-refractivity contribution in [1.29, 1.82) is 0 Å². The van der Waals surface area contributed by atoms with Gasteiger partial charge in [-0.25, -0.2) is 0 Å². The van der Waals surface area contributed by atoms with E-state index in [2.05, 4.69) is 42.5 Å². The summed E-state index contributed by atoms with van der Waals surface area (Å²) in [5.41, 5.74) is 0. The van der Waals surface area contributed by atoms with E-state index in [1.54, 1.807) is 0 Å². The first kappa shape index (κ1) is 31.0. The molecule has 5 aliphatic heterocycles. The molecule has 17 unspecified atom stereocenters. The van der Waals surface area contributed by atoms with Crippen LogP contribution in [0.25, 0.3) is 0 Å². The maximum absolute atomic E-state index is 11.5. The summed E-state index contributed by atoms with van der Waals surface area (Å²) in [5, 5.41) is 33.2. The molecule has 245 valence electrons. The zero-order valence-corrected chi connectivity index (χ0v) is 27.6. The third kappa shape index (κ3) is 5.35. The first-order valence-electron chi connectivity index (χ1n) is 18.4. The van der Waals surface area contributed by atoms with Crippen LogP contribution in [0.1, 0.15) is 96.3 Å². The Kier molecular flexibility index (Phi) is 9.15. The van der Waals surface area contributed by atoms with Crippen LogP contribution in [0.3, 0.4) is 0 Å². The molecule has 8 N–H and O–H groups in total. The van der Waals surface area contributed by atoms with Crippen LogP contribution in [0.15, 0.2) is 0 Å². The van der Waals surface area contributed by atoms with Crippen LogP contribution in [0, 0.1) is 47.3 Å². The Morgan fingerprint density at radius 1 is 0.386 bits per heavy atom. The normalized spacial score (nSPS) is 54.7. The molecule has 9 rings (SSSR count). The van der Waals surface area contributed by atoms with Gasteiger partial charge in [-0.3, -0.25) is 42.5 Å². The van der Waals surface area contributed by atoms with Crippen molar-refractivity contribution in [1.82, 2.24) is 42.5 Å². The summed E-state index contributed by atoms with van der Waals surface area (Å²) in [5.74, 6) is 4.63. The SMILES string of the molecule is O=[C-]OC1CCCC2C3NC4NC(NC5NC(NC6NC(NC(N3)C12)C1CCCCC61)C1CCCCC51)C1CCCCC41.[V]. The quantitative estimate of drug-likeness (QED) is 0.211. The molecule has 8 bridgehead atoms. The summed E-state index contributed by atoms with van der Waals surface area (Å²) >= 11 is 0. The average Bonchev–Trinajstić information content (AvgIpc) is 3.77. The molecule has 0 amide bonds. The third-order valence-corrected chi connectivity index (χ3v) is 14.0. The molecule has 0 aromatic heterocycles. The number of nitrogens with one attached hydrogen (secondary N) is 8. The van der Waals surface area contributed by atoms with Gasteiger partial charge in [-0.2, -0.15) is 0 Å². The van der Waals surface area contributed by atoms with Crippen LogP contribution >= 0.6 is 0 Å². The molecule has 4 aliphatic carbocycles. The molecule has 11 heteroatoms. The van der Waals surface area contributed by atoms with Crippen molar-refractivity contribution in [3.63, 3.8) is 0 Å². The first-order chi connectivity index (χ1) is 21.2. The van der Waals surface area contributed by atoms with Crippen molar-refractivity contribution >= 4 is 6.47 Å². The molecule has 5 heterocycles. The first-order valence-corrected chi connectivity index (χ1v) is 18.4. The Morgan fingerprint density at radius 3 is 1.02 bits per heavy atom. The van der Waals surface area contributed by atoms with Gasteiger partial charge in [-0.15, -0.1) is 0 Å². The van der Waals surface area contributed by atoms with Gasteiger partial charge >= 0.3 is 0 Å². The third-order valence-electron chi connectivity index (χ3n) is 14.0. The van der Waals surface area contributed by atoms with E-state index in [4.69, 9.17) is 4.74 Å². The number of rotatable bonds is 2. The predicted octanol–water partition coefficient (Wildman–Crippen LogP) is 1.67. The van der Waals surface area contributed by atoms with Gasteiger partial charge < -0.3 is 9.53 Å². The number of ether oxygens (including phenoxy) is 1. The largest absolute Gasteiger partial charge is 0.650 e. The van der Waals surface area contributed by atoms with E-state index in [9.17, 15) is 4.79 Å². The molecule has 9 aliphatic rings. The Balaban J connectivity index is 0.00000289. The van der Waals surface area contributed by atoms with E-state index in [0.717, 1.165) is 12.8 Å². The van der Waals surface area contributed by atoms with E-state index in [1.165, 1.54) is 83.5 Å². The molecule has 5 saturated heterocycles. The maximum atomic E-state index is 11.5. The van der Waals surface area contributed by atoms with E-state index in [0.29, 0.717) is 72.3 Å². The monoisotopic (exact) mass is 646 g/mol. The molecule has 44 heavy (non-hydrogen) atoms. The van der Waals surface area contributed by atoms with E-state index in [1.807, 2.05) is 6.47 Å². The molecule has 1 radical (unpaired) electrons. The molecule has 0 aromatic carbocycles. The van der Waals surface area contributed by atoms with Gasteiger partial charge in [0.2, 0.25) is 0 Å². The number of fused-ring (bicyclic) bond motifs is 20. The summed E-state index contributed by atoms with van der Waals surface area (Å²) < 4.78 is 5.71. The van der Waals surface area contributed by atoms with Gasteiger partial charge in [0, 0.05) is 24.5 Å². The van der Waals surface area contributed by atoms with Gasteiger partial charge in [-0.05, 0) is 99.2 Å². The van der Waals surface area contributed by atoms with Crippen molar-refractivity contribution in [3.8, 4) is 0 Å². The molecule has 0 spiro atoms. The van der Waals surface area contributed by atoms with Crippen LogP contribution in [0.5, 0.6) is 0 Å². The van der Waals surface area contributed by atoms with Crippen LogP contribution in [-0.4, -0.2) is 61.9 Å². The molecule has 4 saturated carbocycles. The second kappa shape index (κ2) is 13.0. The fraction of sp³-hybridized carbons (Fsp3) is 0.970. The zero-order chi connectivity index (χ0) is 28.5. The smallest absolute Gasteiger partial charge is 0.0663 e. The van der Waals surface area contributed by atoms with E-state index < -0.39 is 0 Å². The minimum atomic E-state index is -0.0795. The van der Waals surface area contributed by atoms with Gasteiger partial charge in [0.15, 0.2) is 0 Å². The number of hydrogen-bond donors (Lipinski definition) is 8. The van der Waals surface area contributed by atoms with Gasteiger partial charge in [0.25, 0.3) is 0 Å². The van der Waals surface area contributed by atoms with Gasteiger partial charge in [0.1, 0.15) is 0 Å². The van der Waals surface area contributed by atoms with Crippen molar-refractivity contribution in [3.05, 3.63) is 0 Å². The second-order valence-electron chi connectivity index (χ2n) is 15.9. The van der Waals surface area contributed by atoms with E-state index in [-0.39, 0.29) is 49.1 Å². The molecule has 10 nitrogen and oxygen atoms in total. The number of hydrogen-bond acceptors (Lipinski definition) is 10. The second-order valence-corrected chi connectivity index (χ2v) is 15.9. The van der Waals surface area contributed by atoms with Crippen LogP contribution in [0.2, 0.25) is 0 Å². The minimum absolute atomic E-state index is 0. The number of carbonyl (C=O) groups excluding carboxylic acids is 1. The predicted molar refractivity (Wildman–Crippen MR) is 163 cm³/mol. The molecular formula is C33H55N8O2V-. The van der Waals surface area contributed by atoms with Crippen molar-refractivity contribution < 1.29 is 28.1 Å². The van der Waals surface area contributed by atoms with Gasteiger partial charge in [-0.1, -0.05) is 45.0 Å². The standard InChI is InChI=1S/C33H55N8O2.V/c42-16-43-24-15-7-14-23-25(24)33-40-31-22-13-6-5-12-21(22)29(38-31)36-27-18-9-2-1-8-17(18)26(34-27)35-28-19-10-3-4-11-20(19)30(37-28)39-32(23)41-33;/h17-41H,1-15H2;/q-1;. The Morgan fingerprint density at radius 2 is 0.682 bits per heavy atom. The fourth-order valence-corrected chi connectivity index (χ4v) is 12.2.